The number of benzene rings is 1. The molecule has 0 radical (unpaired) electrons. The molecule has 1 aromatic carbocycles. The summed E-state index contributed by atoms with van der Waals surface area (Å²) in [4.78, 5) is 11.3. The summed E-state index contributed by atoms with van der Waals surface area (Å²) < 4.78 is 42.2. The van der Waals surface area contributed by atoms with Gasteiger partial charge in [-0.1, -0.05) is 6.07 Å². The van der Waals surface area contributed by atoms with Crippen molar-refractivity contribution in [1.29, 1.82) is 0 Å². The molecule has 2 bridgehead atoms. The van der Waals surface area contributed by atoms with E-state index in [9.17, 15) is 23.1 Å². The van der Waals surface area contributed by atoms with Crippen molar-refractivity contribution in [2.75, 3.05) is 0 Å². The summed E-state index contributed by atoms with van der Waals surface area (Å²) in [5.74, 6) is -2.09. The number of amides is 1. The zero-order chi connectivity index (χ0) is 19.1. The van der Waals surface area contributed by atoms with Crippen LogP contribution in [0.1, 0.15) is 60.6 Å². The number of primary amides is 1. The maximum Gasteiger partial charge on any atom is 0.394 e. The summed E-state index contributed by atoms with van der Waals surface area (Å²) >= 11 is 0. The number of hydrogen-bond acceptors (Lipinski definition) is 3. The molecule has 3 aliphatic carbocycles. The second-order valence-electron chi connectivity index (χ2n) is 8.89. The van der Waals surface area contributed by atoms with Crippen LogP contribution < -0.4 is 11.1 Å². The molecule has 1 heterocycles. The van der Waals surface area contributed by atoms with E-state index in [1.54, 1.807) is 26.0 Å². The Morgan fingerprint density at radius 1 is 1.31 bits per heavy atom. The second-order valence-corrected chi connectivity index (χ2v) is 8.89. The lowest BCUT2D eigenvalue weighted by Crippen LogP contribution is -2.74. The number of carbonyl (C=O) groups is 1. The summed E-state index contributed by atoms with van der Waals surface area (Å²) in [5.41, 5.74) is 4.73. The van der Waals surface area contributed by atoms with E-state index in [0.717, 1.165) is 0 Å². The van der Waals surface area contributed by atoms with Crippen molar-refractivity contribution in [1.82, 2.24) is 5.32 Å². The van der Waals surface area contributed by atoms with Gasteiger partial charge in [0, 0.05) is 23.6 Å². The molecule has 3 saturated carbocycles. The summed E-state index contributed by atoms with van der Waals surface area (Å²) in [6, 6.07) is 3.84. The molecule has 1 amide bonds. The van der Waals surface area contributed by atoms with Gasteiger partial charge in [-0.3, -0.25) is 4.79 Å². The van der Waals surface area contributed by atoms with Crippen LogP contribution in [-0.4, -0.2) is 22.8 Å². The predicted octanol–water partition coefficient (Wildman–Crippen LogP) is 3.05. The lowest BCUT2D eigenvalue weighted by Gasteiger charge is -2.77. The summed E-state index contributed by atoms with van der Waals surface area (Å²) in [5, 5.41) is 13.3. The Balaban J connectivity index is 1.65. The Morgan fingerprint density at radius 3 is 2.42 bits per heavy atom. The summed E-state index contributed by atoms with van der Waals surface area (Å²) in [6.07, 6.45) is -3.13. The van der Waals surface area contributed by atoms with Gasteiger partial charge in [0.25, 0.3) is 0 Å². The van der Waals surface area contributed by atoms with Crippen molar-refractivity contribution in [2.45, 2.75) is 57.5 Å². The molecule has 4 nitrogen and oxygen atoms in total. The molecule has 0 aromatic heterocycles. The van der Waals surface area contributed by atoms with E-state index < -0.39 is 35.1 Å². The van der Waals surface area contributed by atoms with Crippen LogP contribution in [0.25, 0.3) is 0 Å². The number of halogens is 3. The normalized spacial score (nSPS) is 33.8. The topological polar surface area (TPSA) is 75.3 Å². The Bertz CT molecular complexity index is 762. The molecule has 0 saturated heterocycles. The van der Waals surface area contributed by atoms with Gasteiger partial charge in [0.1, 0.15) is 0 Å². The van der Waals surface area contributed by atoms with Crippen LogP contribution in [0.2, 0.25) is 0 Å². The van der Waals surface area contributed by atoms with Crippen molar-refractivity contribution in [3.63, 3.8) is 0 Å². The Labute approximate surface area is 150 Å². The smallest absolute Gasteiger partial charge is 0.390 e. The minimum Gasteiger partial charge on any atom is -0.390 e. The first kappa shape index (κ1) is 17.8. The standard InChI is InChI=1S/C19H23F3N2O2/c1-16(2,26)18-7-17(8-18,9-18)14(19(20,21)22)13-12-4-3-10(15(23)25)5-11(12)6-24-13/h3-5,13-14,24,26H,6-9H2,1-2H3,(H2,23,25)/t13?,14-,17?,18?/m0/s1. The molecule has 142 valence electrons. The van der Waals surface area contributed by atoms with E-state index in [-0.39, 0.29) is 5.41 Å². The van der Waals surface area contributed by atoms with Crippen LogP contribution in [0.3, 0.4) is 0 Å². The number of fused-ring (bicyclic) bond motifs is 1. The monoisotopic (exact) mass is 368 g/mol. The first-order chi connectivity index (χ1) is 11.9. The van der Waals surface area contributed by atoms with Gasteiger partial charge in [-0.15, -0.1) is 0 Å². The zero-order valence-electron chi connectivity index (χ0n) is 14.8. The first-order valence-corrected chi connectivity index (χ1v) is 8.84. The van der Waals surface area contributed by atoms with E-state index in [2.05, 4.69) is 5.32 Å². The minimum absolute atomic E-state index is 0.292. The van der Waals surface area contributed by atoms with Crippen LogP contribution in [0.15, 0.2) is 18.2 Å². The van der Waals surface area contributed by atoms with Crippen molar-refractivity contribution in [3.05, 3.63) is 34.9 Å². The Kier molecular flexibility index (Phi) is 3.43. The summed E-state index contributed by atoms with van der Waals surface area (Å²) in [7, 11) is 0. The fourth-order valence-corrected chi connectivity index (χ4v) is 5.58. The zero-order valence-corrected chi connectivity index (χ0v) is 14.8. The van der Waals surface area contributed by atoms with E-state index in [4.69, 9.17) is 5.73 Å². The lowest BCUT2D eigenvalue weighted by atomic mass is 9.28. The SMILES string of the molecule is CC(C)(O)C12CC([C@H](C3NCc4cc(C(N)=O)ccc43)C(F)(F)F)(C1)C2. The number of alkyl halides is 3. The molecule has 1 aliphatic heterocycles. The van der Waals surface area contributed by atoms with Crippen molar-refractivity contribution in [2.24, 2.45) is 22.5 Å². The highest BCUT2D eigenvalue weighted by Crippen LogP contribution is 2.82. The minimum atomic E-state index is -4.34. The fraction of sp³-hybridized carbons (Fsp3) is 0.632. The number of rotatable bonds is 4. The maximum atomic E-state index is 14.1. The van der Waals surface area contributed by atoms with Gasteiger partial charge in [-0.25, -0.2) is 0 Å². The summed E-state index contributed by atoms with van der Waals surface area (Å²) in [6.45, 7) is 3.67. The average Bonchev–Trinajstić information content (AvgIpc) is 2.80. The molecule has 2 atom stereocenters. The number of carbonyl (C=O) groups excluding carboxylic acids is 1. The van der Waals surface area contributed by atoms with Crippen LogP contribution in [0.5, 0.6) is 0 Å². The average molecular weight is 368 g/mol. The molecule has 0 spiro atoms. The molecule has 1 unspecified atom stereocenters. The maximum absolute atomic E-state index is 14.1. The largest absolute Gasteiger partial charge is 0.394 e. The van der Waals surface area contributed by atoms with Gasteiger partial charge in [-0.2, -0.15) is 13.2 Å². The van der Waals surface area contributed by atoms with Crippen molar-refractivity contribution < 1.29 is 23.1 Å². The molecule has 26 heavy (non-hydrogen) atoms. The van der Waals surface area contributed by atoms with Gasteiger partial charge in [-0.05, 0) is 61.8 Å². The van der Waals surface area contributed by atoms with Crippen molar-refractivity contribution >= 4 is 5.91 Å². The number of nitrogens with one attached hydrogen (secondary N) is 1. The van der Waals surface area contributed by atoms with E-state index in [1.807, 2.05) is 0 Å². The van der Waals surface area contributed by atoms with Crippen LogP contribution >= 0.6 is 0 Å². The highest BCUT2D eigenvalue weighted by Gasteiger charge is 2.78. The van der Waals surface area contributed by atoms with Crippen LogP contribution in [-0.2, 0) is 6.54 Å². The van der Waals surface area contributed by atoms with Crippen LogP contribution in [0.4, 0.5) is 13.2 Å². The Hall–Kier alpha value is -1.60. The van der Waals surface area contributed by atoms with Crippen molar-refractivity contribution in [3.8, 4) is 0 Å². The van der Waals surface area contributed by atoms with Gasteiger partial charge in [0.05, 0.1) is 11.5 Å². The molecule has 1 aromatic rings. The fourth-order valence-electron chi connectivity index (χ4n) is 5.58. The second kappa shape index (κ2) is 5.01. The van der Waals surface area contributed by atoms with E-state index >= 15 is 0 Å². The lowest BCUT2D eigenvalue weighted by molar-refractivity contribution is -0.354. The number of hydrogen-bond donors (Lipinski definition) is 3. The Morgan fingerprint density at radius 2 is 1.92 bits per heavy atom. The van der Waals surface area contributed by atoms with E-state index in [1.165, 1.54) is 6.07 Å². The third kappa shape index (κ3) is 2.26. The third-order valence-electron chi connectivity index (χ3n) is 6.99. The number of nitrogens with two attached hydrogens (primary N) is 1. The number of aliphatic hydroxyl groups is 1. The predicted molar refractivity (Wildman–Crippen MR) is 89.1 cm³/mol. The molecule has 4 N–H and O–H groups in total. The van der Waals surface area contributed by atoms with Crippen LogP contribution in [0, 0.1) is 16.7 Å². The third-order valence-corrected chi connectivity index (χ3v) is 6.99. The molecular weight excluding hydrogens is 345 g/mol. The van der Waals surface area contributed by atoms with Gasteiger partial charge < -0.3 is 16.2 Å². The molecule has 4 aliphatic rings. The van der Waals surface area contributed by atoms with Gasteiger partial charge in [0.2, 0.25) is 5.91 Å². The molecule has 7 heteroatoms. The van der Waals surface area contributed by atoms with Gasteiger partial charge >= 0.3 is 6.18 Å². The highest BCUT2D eigenvalue weighted by molar-refractivity contribution is 5.93. The van der Waals surface area contributed by atoms with Gasteiger partial charge in [0.15, 0.2) is 0 Å². The highest BCUT2D eigenvalue weighted by atomic mass is 19.4. The quantitative estimate of drug-likeness (QED) is 0.765. The van der Waals surface area contributed by atoms with E-state index in [0.29, 0.717) is 42.5 Å². The molecule has 3 fully saturated rings. The molecule has 5 rings (SSSR count). The first-order valence-electron chi connectivity index (χ1n) is 8.84. The molecular formula is C19H23F3N2O2.